The summed E-state index contributed by atoms with van der Waals surface area (Å²) in [6, 6.07) is 2.18. The van der Waals surface area contributed by atoms with Gasteiger partial charge in [0.05, 0.1) is 5.41 Å². The van der Waals surface area contributed by atoms with Crippen molar-refractivity contribution >= 4 is 17.6 Å². The Labute approximate surface area is 122 Å². The van der Waals surface area contributed by atoms with Gasteiger partial charge in [0.25, 0.3) is 0 Å². The van der Waals surface area contributed by atoms with Crippen molar-refractivity contribution in [2.75, 3.05) is 5.32 Å². The van der Waals surface area contributed by atoms with Gasteiger partial charge in [0.15, 0.2) is 0 Å². The van der Waals surface area contributed by atoms with Crippen molar-refractivity contribution in [3.05, 3.63) is 29.1 Å². The van der Waals surface area contributed by atoms with Crippen molar-refractivity contribution in [1.29, 1.82) is 0 Å². The van der Waals surface area contributed by atoms with Crippen molar-refractivity contribution < 1.29 is 19.1 Å². The summed E-state index contributed by atoms with van der Waals surface area (Å²) in [4.78, 5) is 22.4. The molecule has 6 heteroatoms. The molecule has 0 aromatic heterocycles. The van der Waals surface area contributed by atoms with E-state index < -0.39 is 23.2 Å². The maximum atomic E-state index is 14.2. The molecule has 2 rings (SSSR count). The number of carbonyl (C=O) groups excluding carboxylic acids is 1. The fraction of sp³-hybridized carbons (Fsp3) is 0.467. The number of hydrogen-bond donors (Lipinski definition) is 3. The average Bonchev–Trinajstić information content (AvgIpc) is 2.36. The van der Waals surface area contributed by atoms with Crippen LogP contribution in [0.25, 0.3) is 0 Å². The molecule has 4 N–H and O–H groups in total. The summed E-state index contributed by atoms with van der Waals surface area (Å²) < 4.78 is 14.2. The number of fused-ring (bicyclic) bond motifs is 1. The van der Waals surface area contributed by atoms with Crippen LogP contribution < -0.4 is 11.1 Å². The van der Waals surface area contributed by atoms with E-state index in [1.165, 1.54) is 6.07 Å². The number of aliphatic carboxylic acids is 1. The van der Waals surface area contributed by atoms with Crippen molar-refractivity contribution in [2.24, 2.45) is 11.1 Å². The molecule has 0 fully saturated rings. The molecule has 0 aliphatic carbocycles. The minimum atomic E-state index is -1.03. The Bertz CT molecular complexity index is 599. The number of carboxylic acid groups (broad SMARTS) is 1. The summed E-state index contributed by atoms with van der Waals surface area (Å²) >= 11 is 0. The van der Waals surface area contributed by atoms with E-state index in [1.807, 2.05) is 0 Å². The van der Waals surface area contributed by atoms with Crippen molar-refractivity contribution in [3.63, 3.8) is 0 Å². The molecule has 1 aromatic rings. The van der Waals surface area contributed by atoms with Crippen LogP contribution >= 0.6 is 0 Å². The smallest absolute Gasteiger partial charge is 0.309 e. The van der Waals surface area contributed by atoms with Crippen LogP contribution in [0.15, 0.2) is 12.1 Å². The van der Waals surface area contributed by atoms with Gasteiger partial charge in [0.2, 0.25) is 5.91 Å². The highest BCUT2D eigenvalue weighted by Crippen LogP contribution is 2.33. The number of halogens is 1. The van der Waals surface area contributed by atoms with Crippen molar-refractivity contribution in [3.8, 4) is 0 Å². The summed E-state index contributed by atoms with van der Waals surface area (Å²) in [5.41, 5.74) is 6.55. The molecule has 1 aliphatic heterocycles. The maximum Gasteiger partial charge on any atom is 0.309 e. The predicted molar refractivity (Wildman–Crippen MR) is 76.3 cm³/mol. The molecule has 1 aromatic carbocycles. The van der Waals surface area contributed by atoms with Crippen LogP contribution in [0.1, 0.15) is 43.9 Å². The lowest BCUT2D eigenvalue weighted by atomic mass is 9.83. The van der Waals surface area contributed by atoms with E-state index in [2.05, 4.69) is 5.32 Å². The van der Waals surface area contributed by atoms with Crippen molar-refractivity contribution in [1.82, 2.24) is 0 Å². The quantitative estimate of drug-likeness (QED) is 0.793. The number of rotatable bonds is 4. The summed E-state index contributed by atoms with van der Waals surface area (Å²) in [5.74, 6) is -1.63. The minimum absolute atomic E-state index is 0.129. The molecule has 21 heavy (non-hydrogen) atoms. The summed E-state index contributed by atoms with van der Waals surface area (Å²) in [6.45, 7) is 3.12. The first-order valence-corrected chi connectivity index (χ1v) is 6.82. The number of nitrogens with two attached hydrogens (primary N) is 1. The molecular formula is C15H19FN2O3. The molecule has 1 heterocycles. The molecule has 5 nitrogen and oxygen atoms in total. The molecule has 1 amide bonds. The van der Waals surface area contributed by atoms with Gasteiger partial charge in [-0.1, -0.05) is 0 Å². The van der Waals surface area contributed by atoms with E-state index in [9.17, 15) is 14.0 Å². The van der Waals surface area contributed by atoms with Crippen LogP contribution in [0.5, 0.6) is 0 Å². The standard InChI is InChI=1S/C15H19FN2O3/c1-15(2,14(20)21)7-11(17)9-5-8-3-4-13(19)18-12(8)6-10(9)16/h5-6,11H,3-4,7,17H2,1-2H3,(H,18,19)(H,20,21). The Morgan fingerprint density at radius 1 is 1.48 bits per heavy atom. The zero-order chi connectivity index (χ0) is 15.8. The highest BCUT2D eigenvalue weighted by Gasteiger charge is 2.31. The normalized spacial score (nSPS) is 16.1. The second-order valence-corrected chi connectivity index (χ2v) is 6.08. The van der Waals surface area contributed by atoms with E-state index in [4.69, 9.17) is 10.8 Å². The minimum Gasteiger partial charge on any atom is -0.481 e. The van der Waals surface area contributed by atoms with Crippen LogP contribution in [-0.4, -0.2) is 17.0 Å². The number of amides is 1. The topological polar surface area (TPSA) is 92.4 Å². The molecule has 1 unspecified atom stereocenters. The number of hydrogen-bond acceptors (Lipinski definition) is 3. The van der Waals surface area contributed by atoms with E-state index in [0.717, 1.165) is 5.56 Å². The molecule has 114 valence electrons. The van der Waals surface area contributed by atoms with Gasteiger partial charge >= 0.3 is 5.97 Å². The lowest BCUT2D eigenvalue weighted by Gasteiger charge is -2.25. The Morgan fingerprint density at radius 2 is 2.14 bits per heavy atom. The van der Waals surface area contributed by atoms with Gasteiger partial charge in [0.1, 0.15) is 5.82 Å². The highest BCUT2D eigenvalue weighted by atomic mass is 19.1. The Balaban J connectivity index is 2.28. The third-order valence-electron chi connectivity index (χ3n) is 3.83. The summed E-state index contributed by atoms with van der Waals surface area (Å²) in [7, 11) is 0. The molecule has 0 bridgehead atoms. The predicted octanol–water partition coefficient (Wildman–Crippen LogP) is 2.21. The van der Waals surface area contributed by atoms with Crippen LogP contribution in [0.3, 0.4) is 0 Å². The van der Waals surface area contributed by atoms with Crippen LogP contribution in [-0.2, 0) is 16.0 Å². The van der Waals surface area contributed by atoms with Gasteiger partial charge in [-0.05, 0) is 44.4 Å². The van der Waals surface area contributed by atoms with Crippen LogP contribution in [0.2, 0.25) is 0 Å². The van der Waals surface area contributed by atoms with Gasteiger partial charge in [-0.3, -0.25) is 9.59 Å². The molecule has 0 radical (unpaired) electrons. The highest BCUT2D eigenvalue weighted by molar-refractivity contribution is 5.93. The summed E-state index contributed by atoms with van der Waals surface area (Å²) in [5, 5.41) is 11.8. The van der Waals surface area contributed by atoms with E-state index >= 15 is 0 Å². The number of aryl methyl sites for hydroxylation is 1. The SMILES string of the molecule is CC(C)(CC(N)c1cc2c(cc1F)NC(=O)CC2)C(=O)O. The molecule has 0 spiro atoms. The number of benzene rings is 1. The van der Waals surface area contributed by atoms with Crippen molar-refractivity contribution in [2.45, 2.75) is 39.2 Å². The number of anilines is 1. The lowest BCUT2D eigenvalue weighted by Crippen LogP contribution is -2.29. The lowest BCUT2D eigenvalue weighted by molar-refractivity contribution is -0.147. The largest absolute Gasteiger partial charge is 0.481 e. The zero-order valence-electron chi connectivity index (χ0n) is 12.1. The number of nitrogens with one attached hydrogen (secondary N) is 1. The Hall–Kier alpha value is -1.95. The van der Waals surface area contributed by atoms with Crippen LogP contribution in [0, 0.1) is 11.2 Å². The molecular weight excluding hydrogens is 275 g/mol. The van der Waals surface area contributed by atoms with Gasteiger partial charge in [0, 0.05) is 23.7 Å². The fourth-order valence-corrected chi connectivity index (χ4v) is 2.45. The third-order valence-corrected chi connectivity index (χ3v) is 3.83. The molecule has 0 saturated heterocycles. The Morgan fingerprint density at radius 3 is 2.76 bits per heavy atom. The van der Waals surface area contributed by atoms with Crippen LogP contribution in [0.4, 0.5) is 10.1 Å². The fourth-order valence-electron chi connectivity index (χ4n) is 2.45. The van der Waals surface area contributed by atoms with Gasteiger partial charge < -0.3 is 16.2 Å². The van der Waals surface area contributed by atoms with E-state index in [0.29, 0.717) is 24.1 Å². The summed E-state index contributed by atoms with van der Waals surface area (Å²) in [6.07, 6.45) is 1.02. The van der Waals surface area contributed by atoms with Gasteiger partial charge in [-0.2, -0.15) is 0 Å². The molecule has 1 aliphatic rings. The molecule has 1 atom stereocenters. The van der Waals surface area contributed by atoms with Gasteiger partial charge in [-0.25, -0.2) is 4.39 Å². The van der Waals surface area contributed by atoms with E-state index in [-0.39, 0.29) is 12.3 Å². The second kappa shape index (κ2) is 5.44. The number of carboxylic acids is 1. The first-order valence-electron chi connectivity index (χ1n) is 6.82. The molecule has 0 saturated carbocycles. The monoisotopic (exact) mass is 294 g/mol. The number of carbonyl (C=O) groups is 2. The first kappa shape index (κ1) is 15.4. The van der Waals surface area contributed by atoms with E-state index in [1.54, 1.807) is 19.9 Å². The first-order chi connectivity index (χ1) is 9.70. The van der Waals surface area contributed by atoms with Gasteiger partial charge in [-0.15, -0.1) is 0 Å². The third kappa shape index (κ3) is 3.21. The zero-order valence-corrected chi connectivity index (χ0v) is 12.1. The average molecular weight is 294 g/mol. The second-order valence-electron chi connectivity index (χ2n) is 6.08. The Kier molecular flexibility index (Phi) is 4.00. The maximum absolute atomic E-state index is 14.2.